The van der Waals surface area contributed by atoms with Crippen LogP contribution in [0.1, 0.15) is 6.92 Å². The molecule has 0 bridgehead atoms. The molecule has 0 aliphatic heterocycles. The molecule has 1 unspecified atom stereocenters. The number of rotatable bonds is 7. The van der Waals surface area contributed by atoms with E-state index in [0.717, 1.165) is 5.56 Å². The van der Waals surface area contributed by atoms with E-state index >= 15 is 0 Å². The maximum atomic E-state index is 12.4. The maximum absolute atomic E-state index is 12.4. The van der Waals surface area contributed by atoms with Crippen molar-refractivity contribution in [2.75, 3.05) is 19.5 Å². The molecule has 3 aromatic rings. The van der Waals surface area contributed by atoms with Gasteiger partial charge in [0.2, 0.25) is 0 Å². The standard InChI is InChI=1S/C20H19ClN2O4S/c1-12(27-14-6-4-13(21)5-7-14)19(24)23-20-22-17(11-28-20)16-10-15(25-2)8-9-18(16)26-3/h4-12H,1-3H3,(H,22,23,24). The normalized spacial score (nSPS) is 11.6. The van der Waals surface area contributed by atoms with Gasteiger partial charge in [-0.2, -0.15) is 0 Å². The predicted octanol–water partition coefficient (Wildman–Crippen LogP) is 4.89. The van der Waals surface area contributed by atoms with Crippen molar-refractivity contribution in [1.82, 2.24) is 4.98 Å². The van der Waals surface area contributed by atoms with Gasteiger partial charge in [0.15, 0.2) is 11.2 Å². The quantitative estimate of drug-likeness (QED) is 0.591. The molecule has 1 N–H and O–H groups in total. The van der Waals surface area contributed by atoms with E-state index in [2.05, 4.69) is 10.3 Å². The minimum atomic E-state index is -0.695. The van der Waals surface area contributed by atoms with Gasteiger partial charge in [-0.1, -0.05) is 11.6 Å². The summed E-state index contributed by atoms with van der Waals surface area (Å²) in [7, 11) is 3.19. The molecule has 3 rings (SSSR count). The molecule has 6 nitrogen and oxygen atoms in total. The van der Waals surface area contributed by atoms with E-state index in [0.29, 0.717) is 33.1 Å². The number of amides is 1. The Morgan fingerprint density at radius 2 is 1.82 bits per heavy atom. The van der Waals surface area contributed by atoms with Crippen molar-refractivity contribution < 1.29 is 19.0 Å². The number of thiazole rings is 1. The fourth-order valence-electron chi connectivity index (χ4n) is 2.45. The summed E-state index contributed by atoms with van der Waals surface area (Å²) in [5, 5.41) is 5.69. The Morgan fingerprint density at radius 3 is 2.50 bits per heavy atom. The molecule has 0 aliphatic rings. The highest BCUT2D eigenvalue weighted by molar-refractivity contribution is 7.14. The third-order valence-electron chi connectivity index (χ3n) is 3.91. The summed E-state index contributed by atoms with van der Waals surface area (Å²) in [6, 6.07) is 12.3. The second-order valence-corrected chi connectivity index (χ2v) is 7.10. The highest BCUT2D eigenvalue weighted by Gasteiger charge is 2.18. The summed E-state index contributed by atoms with van der Waals surface area (Å²) in [5.41, 5.74) is 1.46. The Balaban J connectivity index is 1.70. The fraction of sp³-hybridized carbons (Fsp3) is 0.200. The number of carbonyl (C=O) groups is 1. The van der Waals surface area contributed by atoms with Gasteiger partial charge >= 0.3 is 0 Å². The van der Waals surface area contributed by atoms with Crippen LogP contribution in [0.3, 0.4) is 0 Å². The second-order valence-electron chi connectivity index (χ2n) is 5.81. The van der Waals surface area contributed by atoms with Crippen molar-refractivity contribution in [1.29, 1.82) is 0 Å². The molecule has 1 heterocycles. The average Bonchev–Trinajstić information content (AvgIpc) is 3.17. The summed E-state index contributed by atoms with van der Waals surface area (Å²) in [6.07, 6.45) is -0.695. The first-order valence-corrected chi connectivity index (χ1v) is 9.67. The molecular formula is C20H19ClN2O4S. The van der Waals surface area contributed by atoms with Gasteiger partial charge in [0.1, 0.15) is 17.2 Å². The Bertz CT molecular complexity index is 959. The highest BCUT2D eigenvalue weighted by Crippen LogP contribution is 2.35. The van der Waals surface area contributed by atoms with E-state index in [9.17, 15) is 4.79 Å². The van der Waals surface area contributed by atoms with Crippen molar-refractivity contribution in [2.45, 2.75) is 13.0 Å². The largest absolute Gasteiger partial charge is 0.497 e. The Morgan fingerprint density at radius 1 is 1.11 bits per heavy atom. The third kappa shape index (κ3) is 4.74. The molecule has 1 atom stereocenters. The molecule has 0 aliphatic carbocycles. The minimum Gasteiger partial charge on any atom is -0.497 e. The number of benzene rings is 2. The van der Waals surface area contributed by atoms with Crippen LogP contribution in [0.5, 0.6) is 17.2 Å². The van der Waals surface area contributed by atoms with E-state index < -0.39 is 6.10 Å². The molecule has 8 heteroatoms. The number of hydrogen-bond acceptors (Lipinski definition) is 6. The van der Waals surface area contributed by atoms with Gasteiger partial charge in [0, 0.05) is 16.0 Å². The van der Waals surface area contributed by atoms with Crippen LogP contribution in [-0.2, 0) is 4.79 Å². The molecule has 0 fully saturated rings. The van der Waals surface area contributed by atoms with E-state index in [1.165, 1.54) is 11.3 Å². The molecule has 1 aromatic heterocycles. The number of ether oxygens (including phenoxy) is 3. The Kier molecular flexibility index (Phi) is 6.38. The van der Waals surface area contributed by atoms with Crippen LogP contribution in [0, 0.1) is 0 Å². The maximum Gasteiger partial charge on any atom is 0.266 e. The van der Waals surface area contributed by atoms with Crippen LogP contribution >= 0.6 is 22.9 Å². The summed E-state index contributed by atoms with van der Waals surface area (Å²) < 4.78 is 16.3. The van der Waals surface area contributed by atoms with E-state index in [4.69, 9.17) is 25.8 Å². The number of aromatic nitrogens is 1. The smallest absolute Gasteiger partial charge is 0.266 e. The van der Waals surface area contributed by atoms with Crippen molar-refractivity contribution in [3.8, 4) is 28.5 Å². The number of nitrogens with zero attached hydrogens (tertiary/aromatic N) is 1. The zero-order valence-electron chi connectivity index (χ0n) is 15.6. The summed E-state index contributed by atoms with van der Waals surface area (Å²) in [4.78, 5) is 16.9. The van der Waals surface area contributed by atoms with Gasteiger partial charge in [-0.15, -0.1) is 11.3 Å². The van der Waals surface area contributed by atoms with E-state index in [1.54, 1.807) is 45.4 Å². The lowest BCUT2D eigenvalue weighted by Gasteiger charge is -2.13. The van der Waals surface area contributed by atoms with Gasteiger partial charge < -0.3 is 14.2 Å². The van der Waals surface area contributed by atoms with Crippen LogP contribution in [0.25, 0.3) is 11.3 Å². The van der Waals surface area contributed by atoms with E-state index in [-0.39, 0.29) is 5.91 Å². The lowest BCUT2D eigenvalue weighted by atomic mass is 10.1. The highest BCUT2D eigenvalue weighted by atomic mass is 35.5. The summed E-state index contributed by atoms with van der Waals surface area (Å²) in [6.45, 7) is 1.67. The van der Waals surface area contributed by atoms with Gasteiger partial charge in [0.25, 0.3) is 5.91 Å². The third-order valence-corrected chi connectivity index (χ3v) is 4.92. The lowest BCUT2D eigenvalue weighted by Crippen LogP contribution is -2.30. The Labute approximate surface area is 172 Å². The molecular weight excluding hydrogens is 400 g/mol. The Hall–Kier alpha value is -2.77. The first kappa shape index (κ1) is 20.0. The first-order valence-electron chi connectivity index (χ1n) is 8.41. The first-order chi connectivity index (χ1) is 13.5. The molecule has 0 saturated carbocycles. The molecule has 2 aromatic carbocycles. The van der Waals surface area contributed by atoms with Gasteiger partial charge in [-0.3, -0.25) is 10.1 Å². The molecule has 0 saturated heterocycles. The summed E-state index contributed by atoms with van der Waals surface area (Å²) in [5.74, 6) is 1.63. The molecule has 28 heavy (non-hydrogen) atoms. The molecule has 146 valence electrons. The van der Waals surface area contributed by atoms with Crippen LogP contribution in [-0.4, -0.2) is 31.2 Å². The number of anilines is 1. The summed E-state index contributed by atoms with van der Waals surface area (Å²) >= 11 is 7.17. The van der Waals surface area contributed by atoms with Gasteiger partial charge in [-0.05, 0) is 49.4 Å². The second kappa shape index (κ2) is 8.95. The number of methoxy groups -OCH3 is 2. The molecule has 0 radical (unpaired) electrons. The van der Waals surface area contributed by atoms with Gasteiger partial charge in [-0.25, -0.2) is 4.98 Å². The van der Waals surface area contributed by atoms with Crippen molar-refractivity contribution in [3.63, 3.8) is 0 Å². The number of hydrogen-bond donors (Lipinski definition) is 1. The number of nitrogens with one attached hydrogen (secondary N) is 1. The van der Waals surface area contributed by atoms with Gasteiger partial charge in [0.05, 0.1) is 19.9 Å². The topological polar surface area (TPSA) is 69.7 Å². The SMILES string of the molecule is COc1ccc(OC)c(-c2csc(NC(=O)C(C)Oc3ccc(Cl)cc3)n2)c1. The minimum absolute atomic E-state index is 0.298. The van der Waals surface area contributed by atoms with E-state index in [1.807, 2.05) is 23.6 Å². The zero-order valence-corrected chi connectivity index (χ0v) is 17.1. The van der Waals surface area contributed by atoms with Crippen molar-refractivity contribution in [3.05, 3.63) is 52.9 Å². The predicted molar refractivity (Wildman–Crippen MR) is 111 cm³/mol. The van der Waals surface area contributed by atoms with Crippen molar-refractivity contribution >= 4 is 34.0 Å². The van der Waals surface area contributed by atoms with Crippen LogP contribution in [0.4, 0.5) is 5.13 Å². The molecule has 1 amide bonds. The molecule has 0 spiro atoms. The fourth-order valence-corrected chi connectivity index (χ4v) is 3.29. The number of carbonyl (C=O) groups excluding carboxylic acids is 1. The lowest BCUT2D eigenvalue weighted by molar-refractivity contribution is -0.122. The number of halogens is 1. The van der Waals surface area contributed by atoms with Crippen LogP contribution in [0.2, 0.25) is 5.02 Å². The zero-order chi connectivity index (χ0) is 20.1. The van der Waals surface area contributed by atoms with Crippen LogP contribution < -0.4 is 19.5 Å². The monoisotopic (exact) mass is 418 g/mol. The van der Waals surface area contributed by atoms with Crippen LogP contribution in [0.15, 0.2) is 47.8 Å². The van der Waals surface area contributed by atoms with Crippen molar-refractivity contribution in [2.24, 2.45) is 0 Å². The average molecular weight is 419 g/mol.